The van der Waals surface area contributed by atoms with Crippen molar-refractivity contribution >= 4 is 17.6 Å². The predicted molar refractivity (Wildman–Crippen MR) is 76.7 cm³/mol. The van der Waals surface area contributed by atoms with Crippen molar-refractivity contribution in [1.29, 1.82) is 0 Å². The highest BCUT2D eigenvalue weighted by molar-refractivity contribution is 6.32. The predicted octanol–water partition coefficient (Wildman–Crippen LogP) is 3.26. The molecule has 0 saturated heterocycles. The molecule has 3 atom stereocenters. The Morgan fingerprint density at radius 3 is 2.55 bits per heavy atom. The molecule has 0 bridgehead atoms. The number of rotatable bonds is 6. The van der Waals surface area contributed by atoms with Crippen molar-refractivity contribution in [3.63, 3.8) is 0 Å². The lowest BCUT2D eigenvalue weighted by Gasteiger charge is -2.15. The molecule has 0 heterocycles. The lowest BCUT2D eigenvalue weighted by Crippen LogP contribution is -2.09. The Morgan fingerprint density at radius 2 is 2.05 bits per heavy atom. The zero-order valence-electron chi connectivity index (χ0n) is 11.9. The second-order valence-corrected chi connectivity index (χ2v) is 5.73. The molecule has 0 aliphatic heterocycles. The van der Waals surface area contributed by atoms with Crippen LogP contribution in [0.1, 0.15) is 18.9 Å². The molecule has 5 heteroatoms. The summed E-state index contributed by atoms with van der Waals surface area (Å²) in [6.45, 7) is 2.07. The van der Waals surface area contributed by atoms with Crippen LogP contribution in [0.15, 0.2) is 12.1 Å². The molecule has 20 heavy (non-hydrogen) atoms. The first kappa shape index (κ1) is 15.0. The summed E-state index contributed by atoms with van der Waals surface area (Å²) < 4.78 is 10.5. The molecule has 4 nitrogen and oxygen atoms in total. The standard InChI is InChI=1S/C15H19ClO4/c1-8(10-6-11(10)15(17)18)4-9-5-12(16)14(20-3)7-13(9)19-2/h5,7-8,10-11H,4,6H2,1-3H3,(H,17,18). The van der Waals surface area contributed by atoms with Gasteiger partial charge in [-0.25, -0.2) is 0 Å². The van der Waals surface area contributed by atoms with E-state index in [9.17, 15) is 4.79 Å². The average molecular weight is 299 g/mol. The molecule has 1 aromatic carbocycles. The summed E-state index contributed by atoms with van der Waals surface area (Å²) in [5.74, 6) is 0.958. The van der Waals surface area contributed by atoms with E-state index in [0.717, 1.165) is 24.2 Å². The third-order valence-electron chi connectivity index (χ3n) is 3.98. The zero-order chi connectivity index (χ0) is 14.9. The van der Waals surface area contributed by atoms with Gasteiger partial charge >= 0.3 is 5.97 Å². The van der Waals surface area contributed by atoms with Gasteiger partial charge in [-0.2, -0.15) is 0 Å². The van der Waals surface area contributed by atoms with Crippen molar-refractivity contribution in [2.75, 3.05) is 14.2 Å². The van der Waals surface area contributed by atoms with Gasteiger partial charge in [0.2, 0.25) is 0 Å². The fourth-order valence-electron chi connectivity index (χ4n) is 2.71. The van der Waals surface area contributed by atoms with Gasteiger partial charge in [-0.3, -0.25) is 4.79 Å². The fourth-order valence-corrected chi connectivity index (χ4v) is 2.97. The lowest BCUT2D eigenvalue weighted by atomic mass is 9.95. The van der Waals surface area contributed by atoms with Crippen LogP contribution >= 0.6 is 11.6 Å². The van der Waals surface area contributed by atoms with E-state index < -0.39 is 5.97 Å². The number of hydrogen-bond acceptors (Lipinski definition) is 3. The first-order valence-corrected chi connectivity index (χ1v) is 6.99. The fraction of sp³-hybridized carbons (Fsp3) is 0.533. The second kappa shape index (κ2) is 5.92. The van der Waals surface area contributed by atoms with Crippen LogP contribution in [0.4, 0.5) is 0 Å². The normalized spacial score (nSPS) is 22.2. The first-order chi connectivity index (χ1) is 9.47. The number of benzene rings is 1. The van der Waals surface area contributed by atoms with Crippen molar-refractivity contribution in [1.82, 2.24) is 0 Å². The van der Waals surface area contributed by atoms with Gasteiger partial charge in [0.15, 0.2) is 0 Å². The molecular weight excluding hydrogens is 280 g/mol. The average Bonchev–Trinajstić information content (AvgIpc) is 3.19. The van der Waals surface area contributed by atoms with E-state index in [1.54, 1.807) is 20.3 Å². The van der Waals surface area contributed by atoms with Crippen molar-refractivity contribution < 1.29 is 19.4 Å². The molecule has 110 valence electrons. The third-order valence-corrected chi connectivity index (χ3v) is 4.28. The van der Waals surface area contributed by atoms with Gasteiger partial charge in [0.05, 0.1) is 25.2 Å². The second-order valence-electron chi connectivity index (χ2n) is 5.32. The monoisotopic (exact) mass is 298 g/mol. The maximum atomic E-state index is 10.9. The Bertz CT molecular complexity index is 515. The SMILES string of the molecule is COc1cc(OC)c(CC(C)C2CC2C(=O)O)cc1Cl. The highest BCUT2D eigenvalue weighted by Gasteiger charge is 2.46. The molecule has 0 aromatic heterocycles. The van der Waals surface area contributed by atoms with Crippen LogP contribution in [0.3, 0.4) is 0 Å². The van der Waals surface area contributed by atoms with E-state index in [2.05, 4.69) is 6.92 Å². The highest BCUT2D eigenvalue weighted by Crippen LogP contribution is 2.46. The summed E-state index contributed by atoms with van der Waals surface area (Å²) in [4.78, 5) is 10.9. The molecule has 1 aromatic rings. The number of aliphatic carboxylic acids is 1. The van der Waals surface area contributed by atoms with Crippen molar-refractivity contribution in [2.45, 2.75) is 19.8 Å². The quantitative estimate of drug-likeness (QED) is 0.876. The van der Waals surface area contributed by atoms with Crippen molar-refractivity contribution in [3.05, 3.63) is 22.7 Å². The number of ether oxygens (including phenoxy) is 2. The molecule has 0 amide bonds. The van der Waals surface area contributed by atoms with E-state index in [1.165, 1.54) is 0 Å². The summed E-state index contributed by atoms with van der Waals surface area (Å²) in [5.41, 5.74) is 0.988. The Hall–Kier alpha value is -1.42. The summed E-state index contributed by atoms with van der Waals surface area (Å²) in [6.07, 6.45) is 1.52. The van der Waals surface area contributed by atoms with Crippen LogP contribution in [0.5, 0.6) is 11.5 Å². The first-order valence-electron chi connectivity index (χ1n) is 6.61. The van der Waals surface area contributed by atoms with Crippen LogP contribution in [0.2, 0.25) is 5.02 Å². The molecule has 1 N–H and O–H groups in total. The van der Waals surface area contributed by atoms with E-state index in [4.69, 9.17) is 26.2 Å². The van der Waals surface area contributed by atoms with Gasteiger partial charge in [-0.15, -0.1) is 0 Å². The van der Waals surface area contributed by atoms with E-state index in [0.29, 0.717) is 10.8 Å². The molecule has 3 unspecified atom stereocenters. The maximum absolute atomic E-state index is 10.9. The lowest BCUT2D eigenvalue weighted by molar-refractivity contribution is -0.139. The van der Waals surface area contributed by atoms with Gasteiger partial charge in [-0.1, -0.05) is 18.5 Å². The Balaban J connectivity index is 2.13. The molecular formula is C15H19ClO4. The molecule has 1 fully saturated rings. The van der Waals surface area contributed by atoms with Gasteiger partial charge < -0.3 is 14.6 Å². The van der Waals surface area contributed by atoms with Crippen LogP contribution in [0, 0.1) is 17.8 Å². The largest absolute Gasteiger partial charge is 0.496 e. The molecule has 1 aliphatic rings. The van der Waals surface area contributed by atoms with Crippen LogP contribution in [-0.4, -0.2) is 25.3 Å². The minimum Gasteiger partial charge on any atom is -0.496 e. The highest BCUT2D eigenvalue weighted by atomic mass is 35.5. The number of methoxy groups -OCH3 is 2. The summed E-state index contributed by atoms with van der Waals surface area (Å²) in [5, 5.41) is 9.53. The van der Waals surface area contributed by atoms with Gasteiger partial charge in [0, 0.05) is 6.07 Å². The van der Waals surface area contributed by atoms with Gasteiger partial charge in [0.1, 0.15) is 11.5 Å². The summed E-state index contributed by atoms with van der Waals surface area (Å²) in [7, 11) is 3.17. The summed E-state index contributed by atoms with van der Waals surface area (Å²) >= 11 is 6.14. The van der Waals surface area contributed by atoms with E-state index >= 15 is 0 Å². The minimum absolute atomic E-state index is 0.190. The zero-order valence-corrected chi connectivity index (χ0v) is 12.6. The third kappa shape index (κ3) is 3.01. The molecule has 1 saturated carbocycles. The van der Waals surface area contributed by atoms with Crippen LogP contribution in [0.25, 0.3) is 0 Å². The van der Waals surface area contributed by atoms with E-state index in [1.807, 2.05) is 6.07 Å². The number of hydrogen-bond donors (Lipinski definition) is 1. The smallest absolute Gasteiger partial charge is 0.306 e. The van der Waals surface area contributed by atoms with Gasteiger partial charge in [-0.05, 0) is 36.3 Å². The number of carbonyl (C=O) groups is 1. The molecule has 0 spiro atoms. The van der Waals surface area contributed by atoms with E-state index in [-0.39, 0.29) is 17.8 Å². The number of halogens is 1. The summed E-state index contributed by atoms with van der Waals surface area (Å²) in [6, 6.07) is 3.61. The molecule has 0 radical (unpaired) electrons. The molecule has 2 rings (SSSR count). The molecule has 1 aliphatic carbocycles. The Morgan fingerprint density at radius 1 is 1.40 bits per heavy atom. The van der Waals surface area contributed by atoms with Gasteiger partial charge in [0.25, 0.3) is 0 Å². The maximum Gasteiger partial charge on any atom is 0.306 e. The minimum atomic E-state index is -0.693. The number of carboxylic acid groups (broad SMARTS) is 1. The topological polar surface area (TPSA) is 55.8 Å². The Labute approximate surface area is 123 Å². The number of carboxylic acids is 1. The van der Waals surface area contributed by atoms with Crippen LogP contribution < -0.4 is 9.47 Å². The van der Waals surface area contributed by atoms with Crippen LogP contribution in [-0.2, 0) is 11.2 Å². The van der Waals surface area contributed by atoms with Crippen molar-refractivity contribution in [2.24, 2.45) is 17.8 Å². The van der Waals surface area contributed by atoms with Crippen molar-refractivity contribution in [3.8, 4) is 11.5 Å². The Kier molecular flexibility index (Phi) is 4.43.